The summed E-state index contributed by atoms with van der Waals surface area (Å²) in [6.45, 7) is 11.6. The molecule has 4 nitrogen and oxygen atoms in total. The summed E-state index contributed by atoms with van der Waals surface area (Å²) in [4.78, 5) is 10.3. The van der Waals surface area contributed by atoms with E-state index in [1.54, 1.807) is 0 Å². The van der Waals surface area contributed by atoms with Gasteiger partial charge in [0.15, 0.2) is 0 Å². The molecule has 21 heavy (non-hydrogen) atoms. The third-order valence-electron chi connectivity index (χ3n) is 4.44. The van der Waals surface area contributed by atoms with Crippen molar-refractivity contribution in [3.63, 3.8) is 0 Å². The molecule has 0 radical (unpaired) electrons. The predicted molar refractivity (Wildman–Crippen MR) is 82.8 cm³/mol. The first-order valence-electron chi connectivity index (χ1n) is 7.41. The summed E-state index contributed by atoms with van der Waals surface area (Å²) in [5, 5.41) is 9.59. The van der Waals surface area contributed by atoms with Crippen molar-refractivity contribution < 1.29 is 0 Å². The van der Waals surface area contributed by atoms with Crippen molar-refractivity contribution in [1.82, 2.24) is 4.98 Å². The van der Waals surface area contributed by atoms with Crippen LogP contribution in [0, 0.1) is 23.8 Å². The quantitative estimate of drug-likeness (QED) is 0.605. The van der Waals surface area contributed by atoms with E-state index >= 15 is 0 Å². The number of nitriles is 1. The summed E-state index contributed by atoms with van der Waals surface area (Å²) in [7, 11) is 0. The van der Waals surface area contributed by atoms with Gasteiger partial charge >= 0.3 is 0 Å². The van der Waals surface area contributed by atoms with E-state index in [-0.39, 0.29) is 5.15 Å². The van der Waals surface area contributed by atoms with Crippen LogP contribution in [-0.4, -0.2) is 18.1 Å². The van der Waals surface area contributed by atoms with Crippen LogP contribution in [0.3, 0.4) is 0 Å². The fraction of sp³-hybridized carbons (Fsp3) is 0.562. The molecule has 2 heterocycles. The second kappa shape index (κ2) is 5.54. The number of hydrogen-bond acceptors (Lipinski definition) is 3. The van der Waals surface area contributed by atoms with Gasteiger partial charge in [-0.3, -0.25) is 0 Å². The van der Waals surface area contributed by atoms with E-state index in [4.69, 9.17) is 18.2 Å². The molecule has 1 aromatic heterocycles. The maximum Gasteiger partial charge on any atom is 0.233 e. The first kappa shape index (κ1) is 14.2. The van der Waals surface area contributed by atoms with Crippen molar-refractivity contribution in [1.29, 1.82) is 5.26 Å². The van der Waals surface area contributed by atoms with Crippen LogP contribution in [-0.2, 0) is 0 Å². The number of pyridine rings is 1. The van der Waals surface area contributed by atoms with Crippen LogP contribution < -0.4 is 4.90 Å². The Kier molecular flexibility index (Phi) is 3.74. The van der Waals surface area contributed by atoms with Crippen molar-refractivity contribution in [2.24, 2.45) is 5.92 Å². The molecule has 0 bridgehead atoms. The Morgan fingerprint density at radius 1 is 1.33 bits per heavy atom. The van der Waals surface area contributed by atoms with E-state index in [1.165, 1.54) is 0 Å². The SMILES string of the molecule is [C-]#[N+]c1c(N2CCC(C)CC2)nc(Cl)c(C#N)c1C1CC1. The molecular weight excluding hydrogens is 284 g/mol. The third kappa shape index (κ3) is 2.57. The van der Waals surface area contributed by atoms with Crippen molar-refractivity contribution >= 4 is 23.1 Å². The average Bonchev–Trinajstić information content (AvgIpc) is 3.31. The number of halogens is 1. The zero-order valence-electron chi connectivity index (χ0n) is 12.1. The van der Waals surface area contributed by atoms with Gasteiger partial charge in [0, 0.05) is 13.1 Å². The van der Waals surface area contributed by atoms with Crippen LogP contribution in [0.5, 0.6) is 0 Å². The van der Waals surface area contributed by atoms with Gasteiger partial charge in [0.1, 0.15) is 17.0 Å². The Morgan fingerprint density at radius 2 is 2.00 bits per heavy atom. The molecule has 5 heteroatoms. The number of rotatable bonds is 2. The topological polar surface area (TPSA) is 44.3 Å². The molecule has 1 aliphatic heterocycles. The van der Waals surface area contributed by atoms with E-state index in [0.717, 1.165) is 50.3 Å². The van der Waals surface area contributed by atoms with Gasteiger partial charge in [-0.05, 0) is 43.1 Å². The fourth-order valence-electron chi connectivity index (χ4n) is 2.98. The van der Waals surface area contributed by atoms with Crippen LogP contribution >= 0.6 is 11.6 Å². The van der Waals surface area contributed by atoms with Gasteiger partial charge in [0.05, 0.1) is 12.1 Å². The number of piperidine rings is 1. The molecule has 3 rings (SSSR count). The predicted octanol–water partition coefficient (Wildman–Crippen LogP) is 4.27. The number of aromatic nitrogens is 1. The summed E-state index contributed by atoms with van der Waals surface area (Å²) in [6, 6.07) is 2.14. The Hall–Kier alpha value is -1.78. The largest absolute Gasteiger partial charge is 0.365 e. The van der Waals surface area contributed by atoms with Gasteiger partial charge in [-0.2, -0.15) is 5.26 Å². The highest BCUT2D eigenvalue weighted by Gasteiger charge is 2.34. The molecular formula is C16H17ClN4. The van der Waals surface area contributed by atoms with Gasteiger partial charge in [0.25, 0.3) is 0 Å². The summed E-state index contributed by atoms with van der Waals surface area (Å²) >= 11 is 6.22. The molecule has 0 aromatic carbocycles. The Balaban J connectivity index is 2.09. The fourth-order valence-corrected chi connectivity index (χ4v) is 3.20. The minimum atomic E-state index is 0.250. The zero-order valence-corrected chi connectivity index (χ0v) is 12.8. The van der Waals surface area contributed by atoms with E-state index in [0.29, 0.717) is 23.0 Å². The molecule has 0 N–H and O–H groups in total. The highest BCUT2D eigenvalue weighted by atomic mass is 35.5. The van der Waals surface area contributed by atoms with Gasteiger partial charge in [-0.1, -0.05) is 18.5 Å². The minimum Gasteiger partial charge on any atom is -0.365 e. The smallest absolute Gasteiger partial charge is 0.233 e. The van der Waals surface area contributed by atoms with Gasteiger partial charge in [-0.15, -0.1) is 0 Å². The molecule has 2 aliphatic rings. The molecule has 1 saturated carbocycles. The monoisotopic (exact) mass is 300 g/mol. The van der Waals surface area contributed by atoms with E-state index in [9.17, 15) is 5.26 Å². The average molecular weight is 301 g/mol. The molecule has 2 fully saturated rings. The molecule has 1 aliphatic carbocycles. The van der Waals surface area contributed by atoms with E-state index in [2.05, 4.69) is 27.7 Å². The second-order valence-corrected chi connectivity index (χ2v) is 6.39. The summed E-state index contributed by atoms with van der Waals surface area (Å²) in [5.74, 6) is 1.71. The highest BCUT2D eigenvalue weighted by Crippen LogP contribution is 2.50. The summed E-state index contributed by atoms with van der Waals surface area (Å²) in [6.07, 6.45) is 4.28. The van der Waals surface area contributed by atoms with Crippen LogP contribution in [0.1, 0.15) is 49.7 Å². The number of hydrogen-bond donors (Lipinski definition) is 0. The first-order valence-corrected chi connectivity index (χ1v) is 7.79. The van der Waals surface area contributed by atoms with Gasteiger partial charge in [0.2, 0.25) is 5.69 Å². The molecule has 0 amide bonds. The van der Waals surface area contributed by atoms with E-state index < -0.39 is 0 Å². The van der Waals surface area contributed by atoms with Gasteiger partial charge < -0.3 is 4.90 Å². The third-order valence-corrected chi connectivity index (χ3v) is 4.71. The van der Waals surface area contributed by atoms with E-state index in [1.807, 2.05) is 0 Å². The Bertz CT molecular complexity index is 644. The van der Waals surface area contributed by atoms with Crippen LogP contribution in [0.2, 0.25) is 5.15 Å². The molecule has 1 saturated heterocycles. The van der Waals surface area contributed by atoms with Crippen molar-refractivity contribution in [2.75, 3.05) is 18.0 Å². The zero-order chi connectivity index (χ0) is 15.0. The maximum atomic E-state index is 9.34. The lowest BCUT2D eigenvalue weighted by molar-refractivity contribution is 0.437. The van der Waals surface area contributed by atoms with Crippen molar-refractivity contribution in [3.8, 4) is 6.07 Å². The van der Waals surface area contributed by atoms with Crippen molar-refractivity contribution in [3.05, 3.63) is 27.7 Å². The number of nitrogens with zero attached hydrogens (tertiary/aromatic N) is 4. The van der Waals surface area contributed by atoms with Crippen LogP contribution in [0.4, 0.5) is 11.5 Å². The van der Waals surface area contributed by atoms with Crippen LogP contribution in [0.25, 0.3) is 4.85 Å². The molecule has 0 spiro atoms. The highest BCUT2D eigenvalue weighted by molar-refractivity contribution is 6.31. The lowest BCUT2D eigenvalue weighted by atomic mass is 9.98. The molecule has 1 aromatic rings. The standard InChI is InChI=1S/C16H17ClN4/c1-10-5-7-21(8-6-10)16-14(19-2)13(11-3-4-11)12(9-18)15(17)20-16/h10-11H,3-8H2,1H3. The Labute approximate surface area is 130 Å². The van der Waals surface area contributed by atoms with Crippen LogP contribution in [0.15, 0.2) is 0 Å². The summed E-state index contributed by atoms with van der Waals surface area (Å²) < 4.78 is 0. The number of anilines is 1. The molecule has 108 valence electrons. The molecule has 0 unspecified atom stereocenters. The lowest BCUT2D eigenvalue weighted by Gasteiger charge is -2.32. The normalized spacial score (nSPS) is 19.1. The lowest BCUT2D eigenvalue weighted by Crippen LogP contribution is -2.33. The molecule has 0 atom stereocenters. The first-order chi connectivity index (χ1) is 10.2. The second-order valence-electron chi connectivity index (χ2n) is 6.03. The minimum absolute atomic E-state index is 0.250. The summed E-state index contributed by atoms with van der Waals surface area (Å²) in [5.41, 5.74) is 1.79. The maximum absolute atomic E-state index is 9.34. The van der Waals surface area contributed by atoms with Gasteiger partial charge in [-0.25, -0.2) is 9.83 Å². The Morgan fingerprint density at radius 3 is 2.52 bits per heavy atom. The van der Waals surface area contributed by atoms with Crippen molar-refractivity contribution in [2.45, 2.75) is 38.5 Å².